The van der Waals surface area contributed by atoms with Gasteiger partial charge in [0.25, 0.3) is 0 Å². The molecule has 0 aliphatic rings. The lowest BCUT2D eigenvalue weighted by atomic mass is 10.0. The van der Waals surface area contributed by atoms with Gasteiger partial charge in [0.1, 0.15) is 11.8 Å². The summed E-state index contributed by atoms with van der Waals surface area (Å²) in [7, 11) is 0. The van der Waals surface area contributed by atoms with Gasteiger partial charge in [0.15, 0.2) is 0 Å². The van der Waals surface area contributed by atoms with Gasteiger partial charge >= 0.3 is 11.9 Å². The molecule has 9 nitrogen and oxygen atoms in total. The highest BCUT2D eigenvalue weighted by molar-refractivity contribution is 5.89. The summed E-state index contributed by atoms with van der Waals surface area (Å²) in [6, 6.07) is 2.41. The number of phenolic OH excluding ortho intramolecular Hbond substituents is 1. The molecule has 0 bridgehead atoms. The van der Waals surface area contributed by atoms with E-state index in [1.54, 1.807) is 18.3 Å². The Morgan fingerprint density at radius 1 is 1.24 bits per heavy atom. The molecule has 0 saturated carbocycles. The van der Waals surface area contributed by atoms with Crippen LogP contribution in [-0.2, 0) is 20.8 Å². The number of carboxylic acids is 2. The molecule has 1 aromatic carbocycles. The summed E-state index contributed by atoms with van der Waals surface area (Å²) in [5.41, 5.74) is 7.31. The van der Waals surface area contributed by atoms with Crippen molar-refractivity contribution in [1.29, 1.82) is 0 Å². The fraction of sp³-hybridized carbons (Fsp3) is 0.312. The van der Waals surface area contributed by atoms with Crippen molar-refractivity contribution in [1.82, 2.24) is 10.3 Å². The van der Waals surface area contributed by atoms with Crippen molar-refractivity contribution in [2.75, 3.05) is 0 Å². The van der Waals surface area contributed by atoms with Gasteiger partial charge in [-0.2, -0.15) is 0 Å². The molecular weight excluding hydrogens is 330 g/mol. The average Bonchev–Trinajstić information content (AvgIpc) is 2.92. The van der Waals surface area contributed by atoms with Crippen LogP contribution in [0.5, 0.6) is 5.75 Å². The first-order valence-corrected chi connectivity index (χ1v) is 7.57. The summed E-state index contributed by atoms with van der Waals surface area (Å²) in [4.78, 5) is 36.8. The third kappa shape index (κ3) is 4.70. The minimum Gasteiger partial charge on any atom is -0.508 e. The molecule has 1 heterocycles. The Labute approximate surface area is 142 Å². The van der Waals surface area contributed by atoms with E-state index in [9.17, 15) is 19.5 Å². The predicted molar refractivity (Wildman–Crippen MR) is 88.1 cm³/mol. The summed E-state index contributed by atoms with van der Waals surface area (Å²) < 4.78 is 0. The maximum Gasteiger partial charge on any atom is 0.326 e. The third-order valence-electron chi connectivity index (χ3n) is 3.79. The predicted octanol–water partition coefficient (Wildman–Crippen LogP) is 0.177. The molecule has 2 rings (SSSR count). The molecule has 0 aliphatic heterocycles. The van der Waals surface area contributed by atoms with Gasteiger partial charge in [-0.15, -0.1) is 0 Å². The second kappa shape index (κ2) is 7.67. The SMILES string of the molecule is N[C@@H](Cc1c[nH]c2ccc(O)cc12)C(=O)N[C@@H](CCC(=O)O)C(=O)O. The Hall–Kier alpha value is -3.07. The van der Waals surface area contributed by atoms with Crippen molar-refractivity contribution >= 4 is 28.7 Å². The minimum absolute atomic E-state index is 0.0750. The number of phenols is 1. The van der Waals surface area contributed by atoms with Crippen LogP contribution in [0.3, 0.4) is 0 Å². The second-order valence-electron chi connectivity index (χ2n) is 5.69. The number of aromatic amines is 1. The van der Waals surface area contributed by atoms with Gasteiger partial charge in [-0.25, -0.2) is 4.79 Å². The van der Waals surface area contributed by atoms with Crippen LogP contribution in [0.1, 0.15) is 18.4 Å². The number of amides is 1. The molecule has 0 spiro atoms. The lowest BCUT2D eigenvalue weighted by molar-refractivity contribution is -0.143. The normalized spacial score (nSPS) is 13.3. The monoisotopic (exact) mass is 349 g/mol. The Balaban J connectivity index is 2.04. The molecule has 9 heteroatoms. The summed E-state index contributed by atoms with van der Waals surface area (Å²) in [5.74, 6) is -3.08. The van der Waals surface area contributed by atoms with E-state index in [4.69, 9.17) is 15.9 Å². The number of hydrogen-bond acceptors (Lipinski definition) is 5. The standard InChI is InChI=1S/C16H19N3O6/c17-11(15(23)19-13(16(24)25)3-4-14(21)22)5-8-7-18-12-2-1-9(20)6-10(8)12/h1-2,6-7,11,13,18,20H,3-5,17H2,(H,19,23)(H,21,22)(H,24,25)/t11-,13-/m0/s1. The first kappa shape index (κ1) is 18.3. The molecule has 1 aromatic heterocycles. The van der Waals surface area contributed by atoms with E-state index in [2.05, 4.69) is 10.3 Å². The van der Waals surface area contributed by atoms with E-state index in [1.165, 1.54) is 6.07 Å². The van der Waals surface area contributed by atoms with Crippen LogP contribution in [0.4, 0.5) is 0 Å². The second-order valence-corrected chi connectivity index (χ2v) is 5.69. The largest absolute Gasteiger partial charge is 0.508 e. The van der Waals surface area contributed by atoms with Crippen LogP contribution in [-0.4, -0.2) is 50.2 Å². The van der Waals surface area contributed by atoms with Crippen molar-refractivity contribution in [3.05, 3.63) is 30.0 Å². The number of carbonyl (C=O) groups is 3. The molecular formula is C16H19N3O6. The summed E-state index contributed by atoms with van der Waals surface area (Å²) in [6.45, 7) is 0. The van der Waals surface area contributed by atoms with Crippen molar-refractivity contribution in [2.24, 2.45) is 5.73 Å². The third-order valence-corrected chi connectivity index (χ3v) is 3.79. The number of aromatic hydroxyl groups is 1. The highest BCUT2D eigenvalue weighted by atomic mass is 16.4. The number of fused-ring (bicyclic) bond motifs is 1. The summed E-state index contributed by atoms with van der Waals surface area (Å²) >= 11 is 0. The zero-order valence-electron chi connectivity index (χ0n) is 13.2. The molecule has 2 atom stereocenters. The van der Waals surface area contributed by atoms with Gasteiger partial charge in [0.2, 0.25) is 5.91 Å². The number of H-pyrrole nitrogens is 1. The quantitative estimate of drug-likeness (QED) is 0.395. The van der Waals surface area contributed by atoms with Gasteiger partial charge < -0.3 is 31.4 Å². The number of benzene rings is 1. The van der Waals surface area contributed by atoms with E-state index in [0.29, 0.717) is 10.9 Å². The summed E-state index contributed by atoms with van der Waals surface area (Å²) in [5, 5.41) is 30.2. The van der Waals surface area contributed by atoms with Crippen LogP contribution in [0.25, 0.3) is 10.9 Å². The Morgan fingerprint density at radius 3 is 2.60 bits per heavy atom. The maximum absolute atomic E-state index is 12.1. The van der Waals surface area contributed by atoms with Crippen LogP contribution in [0.15, 0.2) is 24.4 Å². The Bertz CT molecular complexity index is 800. The van der Waals surface area contributed by atoms with E-state index in [-0.39, 0.29) is 25.0 Å². The minimum atomic E-state index is -1.32. The fourth-order valence-corrected chi connectivity index (χ4v) is 2.47. The number of aromatic nitrogens is 1. The molecule has 0 radical (unpaired) electrons. The number of carboxylic acid groups (broad SMARTS) is 2. The topological polar surface area (TPSA) is 166 Å². The number of carbonyl (C=O) groups excluding carboxylic acids is 1. The number of hydrogen-bond donors (Lipinski definition) is 6. The van der Waals surface area contributed by atoms with Crippen LogP contribution in [0, 0.1) is 0 Å². The van der Waals surface area contributed by atoms with Crippen molar-refractivity contribution in [3.63, 3.8) is 0 Å². The molecule has 2 aromatic rings. The lowest BCUT2D eigenvalue weighted by Gasteiger charge is -2.17. The molecule has 0 saturated heterocycles. The first-order chi connectivity index (χ1) is 11.8. The molecule has 134 valence electrons. The van der Waals surface area contributed by atoms with Crippen LogP contribution >= 0.6 is 0 Å². The van der Waals surface area contributed by atoms with E-state index >= 15 is 0 Å². The van der Waals surface area contributed by atoms with E-state index < -0.39 is 29.9 Å². The van der Waals surface area contributed by atoms with Crippen LogP contribution in [0.2, 0.25) is 0 Å². The van der Waals surface area contributed by atoms with Gasteiger partial charge in [0.05, 0.1) is 6.04 Å². The Morgan fingerprint density at radius 2 is 1.96 bits per heavy atom. The summed E-state index contributed by atoms with van der Waals surface area (Å²) in [6.07, 6.45) is 1.18. The van der Waals surface area contributed by atoms with Gasteiger partial charge in [0, 0.05) is 23.5 Å². The molecule has 0 fully saturated rings. The number of nitrogens with one attached hydrogen (secondary N) is 2. The first-order valence-electron chi connectivity index (χ1n) is 7.57. The van der Waals surface area contributed by atoms with Crippen molar-refractivity contribution in [2.45, 2.75) is 31.3 Å². The van der Waals surface area contributed by atoms with Crippen molar-refractivity contribution < 1.29 is 29.7 Å². The van der Waals surface area contributed by atoms with Gasteiger partial charge in [-0.05, 0) is 36.6 Å². The zero-order valence-corrected chi connectivity index (χ0v) is 13.2. The van der Waals surface area contributed by atoms with E-state index in [0.717, 1.165) is 5.52 Å². The Kier molecular flexibility index (Phi) is 5.60. The fourth-order valence-electron chi connectivity index (χ4n) is 2.47. The van der Waals surface area contributed by atoms with Gasteiger partial charge in [-0.1, -0.05) is 0 Å². The number of rotatable bonds is 8. The maximum atomic E-state index is 12.1. The zero-order chi connectivity index (χ0) is 18.6. The van der Waals surface area contributed by atoms with Crippen LogP contribution < -0.4 is 11.1 Å². The highest BCUT2D eigenvalue weighted by Gasteiger charge is 2.24. The molecule has 0 aliphatic carbocycles. The smallest absolute Gasteiger partial charge is 0.326 e. The van der Waals surface area contributed by atoms with E-state index in [1.807, 2.05) is 0 Å². The highest BCUT2D eigenvalue weighted by Crippen LogP contribution is 2.23. The molecule has 25 heavy (non-hydrogen) atoms. The lowest BCUT2D eigenvalue weighted by Crippen LogP contribution is -2.49. The molecule has 1 amide bonds. The number of nitrogens with two attached hydrogens (primary N) is 1. The number of aliphatic carboxylic acids is 2. The molecule has 0 unspecified atom stereocenters. The van der Waals surface area contributed by atoms with Crippen molar-refractivity contribution in [3.8, 4) is 5.75 Å². The van der Waals surface area contributed by atoms with Gasteiger partial charge in [-0.3, -0.25) is 9.59 Å². The molecule has 7 N–H and O–H groups in total. The average molecular weight is 349 g/mol.